The van der Waals surface area contributed by atoms with Crippen LogP contribution in [0.5, 0.6) is 0 Å². The first kappa shape index (κ1) is 15.2. The summed E-state index contributed by atoms with van der Waals surface area (Å²) in [6.07, 6.45) is 0. The molecule has 1 amide bonds. The molecule has 0 unspecified atom stereocenters. The first-order chi connectivity index (χ1) is 10.0. The van der Waals surface area contributed by atoms with Gasteiger partial charge in [0.25, 0.3) is 5.69 Å². The van der Waals surface area contributed by atoms with Crippen LogP contribution in [0.3, 0.4) is 0 Å². The van der Waals surface area contributed by atoms with E-state index in [0.717, 1.165) is 18.7 Å². The molecular formula is C14H20N4O3. The number of nitrogens with zero attached hydrogens (tertiary/aromatic N) is 3. The van der Waals surface area contributed by atoms with Gasteiger partial charge >= 0.3 is 0 Å². The average Bonchev–Trinajstić information content (AvgIpc) is 2.47. The molecule has 1 fully saturated rings. The van der Waals surface area contributed by atoms with E-state index in [4.69, 9.17) is 0 Å². The molecule has 0 saturated carbocycles. The Labute approximate surface area is 123 Å². The summed E-state index contributed by atoms with van der Waals surface area (Å²) in [6.45, 7) is 5.20. The predicted octanol–water partition coefficient (Wildman–Crippen LogP) is 1.30. The maximum Gasteiger partial charge on any atom is 0.292 e. The van der Waals surface area contributed by atoms with Crippen molar-refractivity contribution in [3.05, 3.63) is 33.9 Å². The molecule has 1 aliphatic heterocycles. The molecule has 0 aliphatic carbocycles. The molecule has 0 bridgehead atoms. The van der Waals surface area contributed by atoms with Gasteiger partial charge in [-0.1, -0.05) is 12.1 Å². The highest BCUT2D eigenvalue weighted by Crippen LogP contribution is 2.28. The zero-order valence-corrected chi connectivity index (χ0v) is 12.3. The van der Waals surface area contributed by atoms with Crippen LogP contribution in [-0.4, -0.2) is 53.9 Å². The lowest BCUT2D eigenvalue weighted by Crippen LogP contribution is -2.47. The topological polar surface area (TPSA) is 78.7 Å². The SMILES string of the molecule is CNc1c(CN2CCN(C(C)=O)CC2)cccc1[N+](=O)[O-]. The van der Waals surface area contributed by atoms with Gasteiger partial charge in [-0.3, -0.25) is 19.8 Å². The van der Waals surface area contributed by atoms with Crippen LogP contribution < -0.4 is 5.32 Å². The summed E-state index contributed by atoms with van der Waals surface area (Å²) in [5.41, 5.74) is 1.57. The summed E-state index contributed by atoms with van der Waals surface area (Å²) in [7, 11) is 1.69. The third-order valence-electron chi connectivity index (χ3n) is 3.79. The Kier molecular flexibility index (Phi) is 4.74. The molecular weight excluding hydrogens is 272 g/mol. The first-order valence-electron chi connectivity index (χ1n) is 6.95. The molecule has 1 heterocycles. The van der Waals surface area contributed by atoms with Crippen LogP contribution in [0.25, 0.3) is 0 Å². The number of carbonyl (C=O) groups is 1. The van der Waals surface area contributed by atoms with Crippen molar-refractivity contribution in [1.82, 2.24) is 9.80 Å². The van der Waals surface area contributed by atoms with Gasteiger partial charge in [0.1, 0.15) is 5.69 Å². The molecule has 1 aromatic rings. The molecule has 0 spiro atoms. The minimum absolute atomic E-state index is 0.0948. The Bertz CT molecular complexity index is 539. The summed E-state index contributed by atoms with van der Waals surface area (Å²) in [5, 5.41) is 14.0. The van der Waals surface area contributed by atoms with E-state index in [9.17, 15) is 14.9 Å². The smallest absolute Gasteiger partial charge is 0.292 e. The maximum atomic E-state index is 11.3. The van der Waals surface area contributed by atoms with Crippen molar-refractivity contribution in [3.8, 4) is 0 Å². The van der Waals surface area contributed by atoms with Gasteiger partial charge in [-0.15, -0.1) is 0 Å². The molecule has 1 N–H and O–H groups in total. The monoisotopic (exact) mass is 292 g/mol. The highest BCUT2D eigenvalue weighted by molar-refractivity contribution is 5.73. The molecule has 0 aromatic heterocycles. The van der Waals surface area contributed by atoms with E-state index in [-0.39, 0.29) is 16.5 Å². The second-order valence-electron chi connectivity index (χ2n) is 5.10. The summed E-state index contributed by atoms with van der Waals surface area (Å²) in [4.78, 5) is 26.0. The quantitative estimate of drug-likeness (QED) is 0.668. The maximum absolute atomic E-state index is 11.3. The molecule has 21 heavy (non-hydrogen) atoms. The summed E-state index contributed by atoms with van der Waals surface area (Å²) >= 11 is 0. The van der Waals surface area contributed by atoms with E-state index >= 15 is 0 Å². The molecule has 7 heteroatoms. The largest absolute Gasteiger partial charge is 0.382 e. The van der Waals surface area contributed by atoms with Crippen molar-refractivity contribution in [2.45, 2.75) is 13.5 Å². The van der Waals surface area contributed by atoms with Crippen LogP contribution >= 0.6 is 0 Å². The van der Waals surface area contributed by atoms with Crippen molar-refractivity contribution in [2.24, 2.45) is 0 Å². The molecule has 1 aliphatic rings. The second-order valence-corrected chi connectivity index (χ2v) is 5.10. The van der Waals surface area contributed by atoms with Crippen LogP contribution in [0, 0.1) is 10.1 Å². The molecule has 0 radical (unpaired) electrons. The van der Waals surface area contributed by atoms with Crippen molar-refractivity contribution in [1.29, 1.82) is 0 Å². The van der Waals surface area contributed by atoms with Gasteiger partial charge in [0.2, 0.25) is 5.91 Å². The molecule has 114 valence electrons. The van der Waals surface area contributed by atoms with E-state index in [1.807, 2.05) is 11.0 Å². The molecule has 0 atom stereocenters. The van der Waals surface area contributed by atoms with Crippen LogP contribution in [0.4, 0.5) is 11.4 Å². The molecule has 2 rings (SSSR count). The van der Waals surface area contributed by atoms with Gasteiger partial charge < -0.3 is 10.2 Å². The van der Waals surface area contributed by atoms with Gasteiger partial charge in [0.05, 0.1) is 4.92 Å². The summed E-state index contributed by atoms with van der Waals surface area (Å²) in [5.74, 6) is 0.0981. The number of nitro groups is 1. The normalized spacial score (nSPS) is 15.8. The third-order valence-corrected chi connectivity index (χ3v) is 3.79. The number of carbonyl (C=O) groups excluding carboxylic acids is 1. The lowest BCUT2D eigenvalue weighted by atomic mass is 10.1. The van der Waals surface area contributed by atoms with Crippen LogP contribution in [0.1, 0.15) is 12.5 Å². The van der Waals surface area contributed by atoms with Crippen LogP contribution in [0.2, 0.25) is 0 Å². The van der Waals surface area contributed by atoms with Gasteiger partial charge in [0.15, 0.2) is 0 Å². The number of para-hydroxylation sites is 1. The van der Waals surface area contributed by atoms with Gasteiger partial charge in [-0.25, -0.2) is 0 Å². The van der Waals surface area contributed by atoms with E-state index in [1.54, 1.807) is 20.0 Å². The number of nitro benzene ring substituents is 1. The number of amides is 1. The van der Waals surface area contributed by atoms with E-state index in [1.165, 1.54) is 6.07 Å². The van der Waals surface area contributed by atoms with Crippen molar-refractivity contribution >= 4 is 17.3 Å². The van der Waals surface area contributed by atoms with Crippen molar-refractivity contribution in [3.63, 3.8) is 0 Å². The zero-order valence-electron chi connectivity index (χ0n) is 12.3. The fourth-order valence-corrected chi connectivity index (χ4v) is 2.62. The van der Waals surface area contributed by atoms with E-state index in [0.29, 0.717) is 25.3 Å². The standard InChI is InChI=1S/C14H20N4O3/c1-11(19)17-8-6-16(7-9-17)10-12-4-3-5-13(18(20)21)14(12)15-2/h3-5,15H,6-10H2,1-2H3. The number of rotatable bonds is 4. The molecule has 7 nitrogen and oxygen atoms in total. The van der Waals surface area contributed by atoms with Gasteiger partial charge in [0, 0.05) is 52.8 Å². The minimum atomic E-state index is -0.372. The number of anilines is 1. The number of hydrogen-bond donors (Lipinski definition) is 1. The fraction of sp³-hybridized carbons (Fsp3) is 0.500. The Morgan fingerprint density at radius 1 is 1.33 bits per heavy atom. The lowest BCUT2D eigenvalue weighted by molar-refractivity contribution is -0.384. The summed E-state index contributed by atoms with van der Waals surface area (Å²) < 4.78 is 0. The minimum Gasteiger partial charge on any atom is -0.382 e. The van der Waals surface area contributed by atoms with Gasteiger partial charge in [-0.05, 0) is 5.56 Å². The molecule has 1 aromatic carbocycles. The first-order valence-corrected chi connectivity index (χ1v) is 6.95. The number of piperazine rings is 1. The number of benzene rings is 1. The Morgan fingerprint density at radius 3 is 2.52 bits per heavy atom. The van der Waals surface area contributed by atoms with Crippen molar-refractivity contribution < 1.29 is 9.72 Å². The van der Waals surface area contributed by atoms with Crippen molar-refractivity contribution in [2.75, 3.05) is 38.5 Å². The van der Waals surface area contributed by atoms with E-state index in [2.05, 4.69) is 10.2 Å². The number of hydrogen-bond acceptors (Lipinski definition) is 5. The number of nitrogens with one attached hydrogen (secondary N) is 1. The van der Waals surface area contributed by atoms with Gasteiger partial charge in [-0.2, -0.15) is 0 Å². The Morgan fingerprint density at radius 2 is 2.00 bits per heavy atom. The highest BCUT2D eigenvalue weighted by Gasteiger charge is 2.21. The Balaban J connectivity index is 2.09. The second kappa shape index (κ2) is 6.53. The third kappa shape index (κ3) is 3.49. The van der Waals surface area contributed by atoms with Crippen LogP contribution in [0.15, 0.2) is 18.2 Å². The van der Waals surface area contributed by atoms with Crippen LogP contribution in [-0.2, 0) is 11.3 Å². The summed E-state index contributed by atoms with van der Waals surface area (Å²) in [6, 6.07) is 5.11. The highest BCUT2D eigenvalue weighted by atomic mass is 16.6. The average molecular weight is 292 g/mol. The molecule has 1 saturated heterocycles. The van der Waals surface area contributed by atoms with E-state index < -0.39 is 0 Å². The predicted molar refractivity (Wildman–Crippen MR) is 80.2 cm³/mol. The lowest BCUT2D eigenvalue weighted by Gasteiger charge is -2.34. The Hall–Kier alpha value is -2.15. The fourth-order valence-electron chi connectivity index (χ4n) is 2.62. The zero-order chi connectivity index (χ0) is 15.4.